The van der Waals surface area contributed by atoms with Gasteiger partial charge in [-0.3, -0.25) is 0 Å². The summed E-state index contributed by atoms with van der Waals surface area (Å²) in [4.78, 5) is 39.1. The minimum atomic E-state index is -2.27. The zero-order chi connectivity index (χ0) is 16.6. The van der Waals surface area contributed by atoms with Crippen LogP contribution < -0.4 is 0 Å². The fourth-order valence-corrected chi connectivity index (χ4v) is 0.540. The van der Waals surface area contributed by atoms with Gasteiger partial charge in [-0.05, 0) is 0 Å². The second kappa shape index (κ2) is 14.9. The molecule has 0 aliphatic rings. The van der Waals surface area contributed by atoms with Crippen molar-refractivity contribution in [3.8, 4) is 0 Å². The maximum atomic E-state index is 9.77. The summed E-state index contributed by atoms with van der Waals surface area (Å²) < 4.78 is 0. The van der Waals surface area contributed by atoms with Crippen molar-refractivity contribution < 1.29 is 60.0 Å². The van der Waals surface area contributed by atoms with Crippen molar-refractivity contribution in [3.63, 3.8) is 0 Å². The first-order chi connectivity index (χ1) is 8.93. The van der Waals surface area contributed by atoms with Gasteiger partial charge in [0.05, 0.1) is 0 Å². The van der Waals surface area contributed by atoms with Crippen LogP contribution in [-0.4, -0.2) is 170 Å². The van der Waals surface area contributed by atoms with E-state index in [2.05, 4.69) is 0 Å². The molecule has 22 heavy (non-hydrogen) atoms. The van der Waals surface area contributed by atoms with Gasteiger partial charge in [-0.2, -0.15) is 0 Å². The van der Waals surface area contributed by atoms with Crippen LogP contribution in [0.4, 0.5) is 0 Å². The summed E-state index contributed by atoms with van der Waals surface area (Å²) in [6.45, 7) is 0. The molecule has 0 saturated carbocycles. The Morgan fingerprint density at radius 3 is 0.636 bits per heavy atom. The monoisotopic (exact) mass is 362 g/mol. The van der Waals surface area contributed by atoms with Crippen molar-refractivity contribution in [1.29, 1.82) is 0 Å². The first-order valence-corrected chi connectivity index (χ1v) is 4.57. The average Bonchev–Trinajstić information content (AvgIpc) is 2.35. The number of carbonyl (C=O) groups is 4. The largest absolute Gasteiger partial charge is 0.479 e. The van der Waals surface area contributed by atoms with E-state index in [1.807, 2.05) is 0 Å². The molecular weight excluding hydrogens is 350 g/mol. The van der Waals surface area contributed by atoms with E-state index in [1.54, 1.807) is 0 Å². The number of aliphatic carboxylic acids is 4. The Balaban J connectivity index is -0.000000135. The van der Waals surface area contributed by atoms with Crippen molar-refractivity contribution in [1.82, 2.24) is 0 Å². The van der Waals surface area contributed by atoms with Crippen LogP contribution in [0, 0.1) is 0 Å². The molecule has 0 aliphatic heterocycles. The van der Waals surface area contributed by atoms with E-state index in [0.717, 1.165) is 0 Å². The second-order valence-electron chi connectivity index (χ2n) is 3.13. The fraction of sp³-hybridized carbons (Fsp3) is 0.500. The molecule has 4 unspecified atom stereocenters. The molecule has 8 N–H and O–H groups in total. The van der Waals surface area contributed by atoms with Gasteiger partial charge < -0.3 is 40.9 Å². The number of aliphatic hydroxyl groups is 4. The Morgan fingerprint density at radius 1 is 0.500 bits per heavy atom. The predicted octanol–water partition coefficient (Wildman–Crippen LogP) is -5.01. The quantitative estimate of drug-likeness (QED) is 0.208. The second-order valence-corrected chi connectivity index (χ2v) is 3.13. The third-order valence-corrected chi connectivity index (χ3v) is 1.61. The summed E-state index contributed by atoms with van der Waals surface area (Å²) in [6.07, 6.45) is -9.06. The Morgan fingerprint density at radius 2 is 0.591 bits per heavy atom. The standard InChI is InChI=1S/2C4H6O6.K.Na/c2*5-1(3(7)8)2(6)4(9)10;;/h2*1-2,5-6H,(H,7,8)(H,9,10);;. The third-order valence-electron chi connectivity index (χ3n) is 1.61. The van der Waals surface area contributed by atoms with Crippen molar-refractivity contribution >= 4 is 105 Å². The molecule has 2 radical (unpaired) electrons. The van der Waals surface area contributed by atoms with Gasteiger partial charge in [0.2, 0.25) is 0 Å². The molecular formula is C8H12KNaO12. The molecule has 0 rings (SSSR count). The van der Waals surface area contributed by atoms with Gasteiger partial charge in [-0.25, -0.2) is 19.2 Å². The topological polar surface area (TPSA) is 230 Å². The van der Waals surface area contributed by atoms with Gasteiger partial charge in [0.1, 0.15) is 0 Å². The van der Waals surface area contributed by atoms with Crippen molar-refractivity contribution in [3.05, 3.63) is 0 Å². The van der Waals surface area contributed by atoms with Gasteiger partial charge in [0.25, 0.3) is 0 Å². The van der Waals surface area contributed by atoms with Crippen LogP contribution in [-0.2, 0) is 19.2 Å². The van der Waals surface area contributed by atoms with E-state index in [0.29, 0.717) is 0 Å². The van der Waals surface area contributed by atoms with Crippen molar-refractivity contribution in [2.24, 2.45) is 0 Å². The van der Waals surface area contributed by atoms with E-state index in [4.69, 9.17) is 40.9 Å². The van der Waals surface area contributed by atoms with Gasteiger partial charge >= 0.3 is 23.9 Å². The van der Waals surface area contributed by atoms with Crippen LogP contribution >= 0.6 is 0 Å². The molecule has 0 heterocycles. The average molecular weight is 362 g/mol. The minimum absolute atomic E-state index is 0. The normalized spacial score (nSPS) is 14.4. The fourth-order valence-electron chi connectivity index (χ4n) is 0.540. The van der Waals surface area contributed by atoms with Crippen molar-refractivity contribution in [2.75, 3.05) is 0 Å². The summed E-state index contributed by atoms with van der Waals surface area (Å²) in [5.41, 5.74) is 0. The SMILES string of the molecule is O=C(O)C(O)C(O)C(=O)O.O=C(O)C(O)C(O)C(=O)O.[K].[Na]. The van der Waals surface area contributed by atoms with Crippen LogP contribution in [0.15, 0.2) is 0 Å². The van der Waals surface area contributed by atoms with Crippen LogP contribution in [0.2, 0.25) is 0 Å². The number of carboxylic acids is 4. The Labute approximate surface area is 187 Å². The number of hydrogen-bond acceptors (Lipinski definition) is 8. The molecule has 0 bridgehead atoms. The molecule has 12 nitrogen and oxygen atoms in total. The molecule has 0 saturated heterocycles. The summed E-state index contributed by atoms with van der Waals surface area (Å²) in [6, 6.07) is 0. The Hall–Kier alpha value is 0.356. The number of hydrogen-bond donors (Lipinski definition) is 8. The van der Waals surface area contributed by atoms with Gasteiger partial charge in [0, 0.05) is 80.9 Å². The van der Waals surface area contributed by atoms with Gasteiger partial charge in [-0.1, -0.05) is 0 Å². The molecule has 118 valence electrons. The van der Waals surface area contributed by atoms with E-state index < -0.39 is 48.3 Å². The minimum Gasteiger partial charge on any atom is -0.479 e. The van der Waals surface area contributed by atoms with E-state index in [9.17, 15) is 19.2 Å². The first-order valence-electron chi connectivity index (χ1n) is 4.57. The van der Waals surface area contributed by atoms with Crippen LogP contribution in [0.3, 0.4) is 0 Å². The predicted molar refractivity (Wildman–Crippen MR) is 66.1 cm³/mol. The molecule has 0 aliphatic carbocycles. The molecule has 0 aromatic rings. The zero-order valence-electron chi connectivity index (χ0n) is 11.5. The number of rotatable bonds is 6. The maximum absolute atomic E-state index is 9.77. The maximum Gasteiger partial charge on any atom is 0.335 e. The summed E-state index contributed by atoms with van der Waals surface area (Å²) in [5.74, 6) is -7.07. The molecule has 0 aromatic carbocycles. The van der Waals surface area contributed by atoms with Gasteiger partial charge in [-0.15, -0.1) is 0 Å². The van der Waals surface area contributed by atoms with Crippen LogP contribution in [0.1, 0.15) is 0 Å². The summed E-state index contributed by atoms with van der Waals surface area (Å²) in [7, 11) is 0. The van der Waals surface area contributed by atoms with E-state index in [1.165, 1.54) is 0 Å². The molecule has 0 fully saturated rings. The van der Waals surface area contributed by atoms with E-state index >= 15 is 0 Å². The summed E-state index contributed by atoms with van der Waals surface area (Å²) >= 11 is 0. The molecule has 0 aromatic heterocycles. The number of carboxylic acid groups (broad SMARTS) is 4. The van der Waals surface area contributed by atoms with Crippen LogP contribution in [0.5, 0.6) is 0 Å². The van der Waals surface area contributed by atoms with E-state index in [-0.39, 0.29) is 80.9 Å². The number of aliphatic hydroxyl groups excluding tert-OH is 4. The summed E-state index contributed by atoms with van der Waals surface area (Å²) in [5, 5.41) is 65.1. The van der Waals surface area contributed by atoms with Crippen LogP contribution in [0.25, 0.3) is 0 Å². The first kappa shape index (κ1) is 30.3. The third kappa shape index (κ3) is 12.9. The van der Waals surface area contributed by atoms with Crippen molar-refractivity contribution in [2.45, 2.75) is 24.4 Å². The smallest absolute Gasteiger partial charge is 0.335 e. The molecule has 4 atom stereocenters. The molecule has 14 heteroatoms. The van der Waals surface area contributed by atoms with Gasteiger partial charge in [0.15, 0.2) is 24.4 Å². The zero-order valence-corrected chi connectivity index (χ0v) is 16.6. The Kier molecular flexibility index (Phi) is 20.5. The molecule has 0 spiro atoms. The Bertz CT molecular complexity index is 315. The molecule has 0 amide bonds.